The second-order valence-electron chi connectivity index (χ2n) is 4.38. The Balaban J connectivity index is 2.41. The molecular weight excluding hydrogens is 172 g/mol. The smallest absolute Gasteiger partial charge is 0.0260 e. The normalized spacial score (nSPS) is 27.4. The van der Waals surface area contributed by atoms with Crippen molar-refractivity contribution in [1.82, 2.24) is 10.2 Å². The molecular formula is C12H26N2. The van der Waals surface area contributed by atoms with E-state index >= 15 is 0 Å². The molecule has 2 unspecified atom stereocenters. The molecule has 0 aromatic heterocycles. The SMILES string of the molecule is CCCCN(CC)C1CNCC1CC. The van der Waals surface area contributed by atoms with Crippen molar-refractivity contribution < 1.29 is 0 Å². The summed E-state index contributed by atoms with van der Waals surface area (Å²) >= 11 is 0. The lowest BCUT2D eigenvalue weighted by molar-refractivity contribution is 0.175. The Kier molecular flexibility index (Phi) is 5.49. The molecule has 0 saturated carbocycles. The van der Waals surface area contributed by atoms with Gasteiger partial charge in [-0.2, -0.15) is 0 Å². The minimum atomic E-state index is 0.802. The van der Waals surface area contributed by atoms with Crippen molar-refractivity contribution in [3.05, 3.63) is 0 Å². The molecule has 2 heteroatoms. The Morgan fingerprint density at radius 2 is 2.00 bits per heavy atom. The summed E-state index contributed by atoms with van der Waals surface area (Å²) in [6.07, 6.45) is 3.98. The molecule has 84 valence electrons. The molecule has 0 spiro atoms. The molecule has 0 radical (unpaired) electrons. The van der Waals surface area contributed by atoms with Gasteiger partial charge in [-0.3, -0.25) is 4.90 Å². The van der Waals surface area contributed by atoms with Crippen molar-refractivity contribution in [2.45, 2.75) is 46.1 Å². The van der Waals surface area contributed by atoms with E-state index in [1.807, 2.05) is 0 Å². The molecule has 14 heavy (non-hydrogen) atoms. The molecule has 0 aliphatic carbocycles. The molecule has 1 N–H and O–H groups in total. The standard InChI is InChI=1S/C12H26N2/c1-4-7-8-14(6-3)12-10-13-9-11(12)5-2/h11-13H,4-10H2,1-3H3. The van der Waals surface area contributed by atoms with E-state index in [2.05, 4.69) is 31.0 Å². The average molecular weight is 198 g/mol. The molecule has 1 saturated heterocycles. The summed E-state index contributed by atoms with van der Waals surface area (Å²) in [6.45, 7) is 11.8. The van der Waals surface area contributed by atoms with Crippen LogP contribution >= 0.6 is 0 Å². The summed E-state index contributed by atoms with van der Waals surface area (Å²) in [4.78, 5) is 2.66. The van der Waals surface area contributed by atoms with Crippen LogP contribution in [0.3, 0.4) is 0 Å². The number of nitrogens with one attached hydrogen (secondary N) is 1. The minimum Gasteiger partial charge on any atom is -0.315 e. The molecule has 1 fully saturated rings. The lowest BCUT2D eigenvalue weighted by Gasteiger charge is -2.31. The third-order valence-corrected chi connectivity index (χ3v) is 3.50. The quantitative estimate of drug-likeness (QED) is 0.703. The third-order valence-electron chi connectivity index (χ3n) is 3.50. The van der Waals surface area contributed by atoms with E-state index in [-0.39, 0.29) is 0 Å². The van der Waals surface area contributed by atoms with Gasteiger partial charge in [-0.15, -0.1) is 0 Å². The van der Waals surface area contributed by atoms with Crippen LogP contribution in [0, 0.1) is 5.92 Å². The van der Waals surface area contributed by atoms with Gasteiger partial charge in [0.05, 0.1) is 0 Å². The van der Waals surface area contributed by atoms with Crippen molar-refractivity contribution in [3.63, 3.8) is 0 Å². The van der Waals surface area contributed by atoms with Crippen molar-refractivity contribution >= 4 is 0 Å². The van der Waals surface area contributed by atoms with Gasteiger partial charge >= 0.3 is 0 Å². The fraction of sp³-hybridized carbons (Fsp3) is 1.00. The maximum Gasteiger partial charge on any atom is 0.0260 e. The number of unbranched alkanes of at least 4 members (excludes halogenated alkanes) is 1. The second-order valence-corrected chi connectivity index (χ2v) is 4.38. The van der Waals surface area contributed by atoms with Crippen LogP contribution in [0.1, 0.15) is 40.0 Å². The Bertz CT molecular complexity index is 147. The molecule has 0 amide bonds. The lowest BCUT2D eigenvalue weighted by atomic mass is 9.99. The van der Waals surface area contributed by atoms with Gasteiger partial charge in [-0.1, -0.05) is 33.6 Å². The zero-order chi connectivity index (χ0) is 10.4. The van der Waals surface area contributed by atoms with Crippen molar-refractivity contribution in [3.8, 4) is 0 Å². The number of hydrogen-bond acceptors (Lipinski definition) is 2. The van der Waals surface area contributed by atoms with E-state index in [1.54, 1.807) is 0 Å². The molecule has 2 nitrogen and oxygen atoms in total. The lowest BCUT2D eigenvalue weighted by Crippen LogP contribution is -2.41. The number of likely N-dealkylation sites (N-methyl/N-ethyl adjacent to an activating group) is 1. The van der Waals surface area contributed by atoms with Crippen LogP contribution in [0.4, 0.5) is 0 Å². The van der Waals surface area contributed by atoms with E-state index in [0.717, 1.165) is 12.0 Å². The van der Waals surface area contributed by atoms with Crippen LogP contribution in [0.5, 0.6) is 0 Å². The van der Waals surface area contributed by atoms with Gasteiger partial charge in [-0.25, -0.2) is 0 Å². The first-order valence-corrected chi connectivity index (χ1v) is 6.28. The van der Waals surface area contributed by atoms with Gasteiger partial charge < -0.3 is 5.32 Å². The molecule has 2 atom stereocenters. The Morgan fingerprint density at radius 3 is 2.57 bits per heavy atom. The van der Waals surface area contributed by atoms with Crippen LogP contribution in [0.25, 0.3) is 0 Å². The predicted molar refractivity (Wildman–Crippen MR) is 62.6 cm³/mol. The topological polar surface area (TPSA) is 15.3 Å². The third kappa shape index (κ3) is 2.96. The highest BCUT2D eigenvalue weighted by molar-refractivity contribution is 4.87. The van der Waals surface area contributed by atoms with Gasteiger partial charge in [0.15, 0.2) is 0 Å². The van der Waals surface area contributed by atoms with Gasteiger partial charge in [0.1, 0.15) is 0 Å². The zero-order valence-electron chi connectivity index (χ0n) is 10.1. The molecule has 1 rings (SSSR count). The Morgan fingerprint density at radius 1 is 1.21 bits per heavy atom. The molecule has 0 aromatic carbocycles. The second kappa shape index (κ2) is 6.41. The van der Waals surface area contributed by atoms with Gasteiger partial charge in [0.25, 0.3) is 0 Å². The van der Waals surface area contributed by atoms with Crippen molar-refractivity contribution in [2.24, 2.45) is 5.92 Å². The van der Waals surface area contributed by atoms with Crippen molar-refractivity contribution in [2.75, 3.05) is 26.2 Å². The summed E-state index contributed by atoms with van der Waals surface area (Å²) in [5.41, 5.74) is 0. The minimum absolute atomic E-state index is 0.802. The van der Waals surface area contributed by atoms with E-state index in [0.29, 0.717) is 0 Å². The number of rotatable bonds is 6. The maximum atomic E-state index is 3.52. The first kappa shape index (κ1) is 12.0. The summed E-state index contributed by atoms with van der Waals surface area (Å²) in [6, 6.07) is 0.802. The van der Waals surface area contributed by atoms with Crippen LogP contribution in [0.15, 0.2) is 0 Å². The highest BCUT2D eigenvalue weighted by atomic mass is 15.2. The summed E-state index contributed by atoms with van der Waals surface area (Å²) in [5.74, 6) is 0.881. The highest BCUT2D eigenvalue weighted by Crippen LogP contribution is 2.19. The van der Waals surface area contributed by atoms with E-state index < -0.39 is 0 Å². The van der Waals surface area contributed by atoms with E-state index in [4.69, 9.17) is 0 Å². The van der Waals surface area contributed by atoms with E-state index in [9.17, 15) is 0 Å². The van der Waals surface area contributed by atoms with Gasteiger partial charge in [0.2, 0.25) is 0 Å². The summed E-state index contributed by atoms with van der Waals surface area (Å²) in [5, 5.41) is 3.52. The summed E-state index contributed by atoms with van der Waals surface area (Å²) in [7, 11) is 0. The van der Waals surface area contributed by atoms with Gasteiger partial charge in [0, 0.05) is 12.6 Å². The molecule has 1 aliphatic rings. The highest BCUT2D eigenvalue weighted by Gasteiger charge is 2.29. The van der Waals surface area contributed by atoms with Crippen molar-refractivity contribution in [1.29, 1.82) is 0 Å². The molecule has 0 bridgehead atoms. The molecule has 1 aliphatic heterocycles. The predicted octanol–water partition coefficient (Wildman–Crippen LogP) is 2.11. The van der Waals surface area contributed by atoms with Crippen LogP contribution in [0.2, 0.25) is 0 Å². The zero-order valence-corrected chi connectivity index (χ0v) is 10.1. The molecule has 0 aromatic rings. The largest absolute Gasteiger partial charge is 0.315 e. The maximum absolute atomic E-state index is 3.52. The average Bonchev–Trinajstić information content (AvgIpc) is 2.67. The monoisotopic (exact) mass is 198 g/mol. The fourth-order valence-electron chi connectivity index (χ4n) is 2.48. The molecule has 1 heterocycles. The number of hydrogen-bond donors (Lipinski definition) is 1. The van der Waals surface area contributed by atoms with Crippen LogP contribution < -0.4 is 5.32 Å². The first-order chi connectivity index (χ1) is 6.83. The fourth-order valence-corrected chi connectivity index (χ4v) is 2.48. The summed E-state index contributed by atoms with van der Waals surface area (Å²) < 4.78 is 0. The van der Waals surface area contributed by atoms with Crippen LogP contribution in [-0.2, 0) is 0 Å². The number of nitrogens with zero attached hydrogens (tertiary/aromatic N) is 1. The Hall–Kier alpha value is -0.0800. The first-order valence-electron chi connectivity index (χ1n) is 6.28. The van der Waals surface area contributed by atoms with E-state index in [1.165, 1.54) is 45.4 Å². The van der Waals surface area contributed by atoms with Crippen LogP contribution in [-0.4, -0.2) is 37.1 Å². The van der Waals surface area contributed by atoms with Gasteiger partial charge in [-0.05, 0) is 32.0 Å². The Labute approximate surface area is 89.1 Å².